The minimum absolute atomic E-state index is 0.00500. The third kappa shape index (κ3) is 3.82. The summed E-state index contributed by atoms with van der Waals surface area (Å²) in [6.07, 6.45) is 0.601. The summed E-state index contributed by atoms with van der Waals surface area (Å²) in [5.74, 6) is -4.80. The second kappa shape index (κ2) is 9.09. The number of rotatable bonds is 4. The van der Waals surface area contributed by atoms with Gasteiger partial charge in [-0.1, -0.05) is 19.9 Å². The van der Waals surface area contributed by atoms with Crippen LogP contribution < -0.4 is 0 Å². The summed E-state index contributed by atoms with van der Waals surface area (Å²) in [7, 11) is 0. The molecule has 2 saturated carbocycles. The van der Waals surface area contributed by atoms with Crippen molar-refractivity contribution in [1.82, 2.24) is 4.90 Å². The Morgan fingerprint density at radius 1 is 1.05 bits per heavy atom. The van der Waals surface area contributed by atoms with Gasteiger partial charge >= 0.3 is 11.9 Å². The normalized spacial score (nSPS) is 46.9. The van der Waals surface area contributed by atoms with E-state index in [1.54, 1.807) is 20.8 Å². The van der Waals surface area contributed by atoms with Gasteiger partial charge in [-0.2, -0.15) is 0 Å². The van der Waals surface area contributed by atoms with Crippen molar-refractivity contribution < 1.29 is 43.5 Å². The second-order valence-corrected chi connectivity index (χ2v) is 12.8. The zero-order valence-electron chi connectivity index (χ0n) is 23.7. The van der Waals surface area contributed by atoms with Crippen LogP contribution in [0.25, 0.3) is 0 Å². The zero-order valence-corrected chi connectivity index (χ0v) is 23.7. The van der Waals surface area contributed by atoms with Gasteiger partial charge < -0.3 is 29.2 Å². The summed E-state index contributed by atoms with van der Waals surface area (Å²) in [6, 6.07) is -0.615. The van der Waals surface area contributed by atoms with E-state index in [9.17, 15) is 24.6 Å². The number of esters is 2. The smallest absolute Gasteiger partial charge is 0.305 e. The van der Waals surface area contributed by atoms with Crippen LogP contribution in [0.1, 0.15) is 67.7 Å². The Morgan fingerprint density at radius 3 is 2.18 bits per heavy atom. The second-order valence-electron chi connectivity index (χ2n) is 12.8. The highest BCUT2D eigenvalue weighted by Crippen LogP contribution is 2.70. The molecular formula is C28H43NO9. The molecule has 0 aromatic heterocycles. The molecule has 8 atom stereocenters. The van der Waals surface area contributed by atoms with Crippen LogP contribution >= 0.6 is 0 Å². The summed E-state index contributed by atoms with van der Waals surface area (Å²) in [5.41, 5.74) is -7.76. The van der Waals surface area contributed by atoms with E-state index < -0.39 is 69.2 Å². The third-order valence-electron chi connectivity index (χ3n) is 9.91. The highest BCUT2D eigenvalue weighted by molar-refractivity contribution is 5.92. The lowest BCUT2D eigenvalue weighted by molar-refractivity contribution is -0.413. The van der Waals surface area contributed by atoms with Crippen LogP contribution in [-0.4, -0.2) is 93.9 Å². The van der Waals surface area contributed by atoms with Crippen molar-refractivity contribution in [3.63, 3.8) is 0 Å². The van der Waals surface area contributed by atoms with Crippen molar-refractivity contribution in [2.24, 2.45) is 16.7 Å². The van der Waals surface area contributed by atoms with Crippen LogP contribution in [-0.2, 0) is 33.3 Å². The topological polar surface area (TPSA) is 132 Å². The number of fused-ring (bicyclic) bond motifs is 3. The molecule has 2 saturated heterocycles. The van der Waals surface area contributed by atoms with E-state index in [1.165, 1.54) is 19.9 Å². The molecule has 2 heterocycles. The summed E-state index contributed by atoms with van der Waals surface area (Å²) in [4.78, 5) is 41.4. The van der Waals surface area contributed by atoms with Crippen LogP contribution in [0.4, 0.5) is 0 Å². The Kier molecular flexibility index (Phi) is 6.97. The van der Waals surface area contributed by atoms with E-state index in [2.05, 4.69) is 11.5 Å². The first-order valence-corrected chi connectivity index (χ1v) is 13.4. The summed E-state index contributed by atoms with van der Waals surface area (Å²) >= 11 is 0. The first-order chi connectivity index (χ1) is 17.4. The maximum absolute atomic E-state index is 14.3. The highest BCUT2D eigenvalue weighted by atomic mass is 16.7. The van der Waals surface area contributed by atoms with E-state index in [0.717, 1.165) is 0 Å². The SMILES string of the molecule is C=C[C@@]1(C)CC(=O)[C@]2(O)[C@]3(C)[C@@H]([C@H](N4CCOCC4)[C@H](OC(C)=O)[C@@]2(C)O1)C(C)(C)CC[C@@]3(O)OC(C)=O. The van der Waals surface area contributed by atoms with Gasteiger partial charge in [0.1, 0.15) is 11.7 Å². The fourth-order valence-corrected chi connectivity index (χ4v) is 8.28. The van der Waals surface area contributed by atoms with E-state index in [4.69, 9.17) is 18.9 Å². The molecule has 10 nitrogen and oxygen atoms in total. The molecule has 4 aliphatic rings. The average Bonchev–Trinajstić information content (AvgIpc) is 2.81. The van der Waals surface area contributed by atoms with Crippen LogP contribution in [0.3, 0.4) is 0 Å². The van der Waals surface area contributed by atoms with Gasteiger partial charge in [0.25, 0.3) is 0 Å². The van der Waals surface area contributed by atoms with Gasteiger partial charge in [0.2, 0.25) is 5.79 Å². The average molecular weight is 538 g/mol. The number of hydrogen-bond donors (Lipinski definition) is 2. The molecule has 0 aromatic rings. The number of Topliss-reactive ketones (excluding diaryl/α,β-unsaturated/α-hetero) is 1. The van der Waals surface area contributed by atoms with Crippen molar-refractivity contribution in [2.45, 2.75) is 102 Å². The molecule has 0 unspecified atom stereocenters. The Balaban J connectivity index is 2.10. The maximum Gasteiger partial charge on any atom is 0.305 e. The first kappa shape index (κ1) is 29.1. The number of hydrogen-bond acceptors (Lipinski definition) is 10. The molecule has 0 spiro atoms. The molecule has 0 amide bonds. The lowest BCUT2D eigenvalue weighted by Gasteiger charge is -2.74. The quantitative estimate of drug-likeness (QED) is 0.311. The molecule has 2 aliphatic heterocycles. The summed E-state index contributed by atoms with van der Waals surface area (Å²) in [6.45, 7) is 17.1. The molecule has 0 aromatic carbocycles. The van der Waals surface area contributed by atoms with Gasteiger partial charge in [-0.15, -0.1) is 6.58 Å². The van der Waals surface area contributed by atoms with Crippen molar-refractivity contribution in [3.05, 3.63) is 12.7 Å². The minimum Gasteiger partial charge on any atom is -0.458 e. The Bertz CT molecular complexity index is 1020. The zero-order chi connectivity index (χ0) is 28.5. The van der Waals surface area contributed by atoms with E-state index >= 15 is 0 Å². The standard InChI is InChI=1S/C28H43NO9/c1-9-24(6)16-19(32)28(34)25(7)21(23(4,5)10-11-27(25,33)37-18(3)31)20(29-12-14-35-15-13-29)22(36-17(2)30)26(28,8)38-24/h9,20-22,33-34H,1,10-16H2,2-8H3/t20-,21-,22-,24-,25+,26+,27+,28-/m0/s1. The highest BCUT2D eigenvalue weighted by Gasteiger charge is 2.85. The predicted octanol–water partition coefficient (Wildman–Crippen LogP) is 1.75. The number of carbonyl (C=O) groups excluding carboxylic acids is 3. The van der Waals surface area contributed by atoms with Crippen LogP contribution in [0.5, 0.6) is 0 Å². The number of nitrogens with zero attached hydrogens (tertiary/aromatic N) is 1. The minimum atomic E-state index is -2.40. The molecule has 0 bridgehead atoms. The van der Waals surface area contributed by atoms with Crippen molar-refractivity contribution in [1.29, 1.82) is 0 Å². The van der Waals surface area contributed by atoms with E-state index in [-0.39, 0.29) is 12.8 Å². The Morgan fingerprint density at radius 2 is 1.66 bits per heavy atom. The van der Waals surface area contributed by atoms with Gasteiger partial charge in [-0.3, -0.25) is 19.3 Å². The number of aliphatic hydroxyl groups is 2. The van der Waals surface area contributed by atoms with E-state index in [0.29, 0.717) is 32.7 Å². The molecule has 2 aliphatic carbocycles. The van der Waals surface area contributed by atoms with Crippen LogP contribution in [0.15, 0.2) is 12.7 Å². The Labute approximate surface area is 224 Å². The molecule has 214 valence electrons. The lowest BCUT2D eigenvalue weighted by Crippen LogP contribution is -2.90. The number of morpholine rings is 1. The largest absolute Gasteiger partial charge is 0.458 e. The van der Waals surface area contributed by atoms with Gasteiger partial charge in [0, 0.05) is 39.8 Å². The molecule has 2 N–H and O–H groups in total. The third-order valence-corrected chi connectivity index (χ3v) is 9.91. The van der Waals surface area contributed by atoms with Crippen molar-refractivity contribution in [2.75, 3.05) is 26.3 Å². The lowest BCUT2D eigenvalue weighted by atomic mass is 9.38. The van der Waals surface area contributed by atoms with Gasteiger partial charge in [-0.25, -0.2) is 0 Å². The predicted molar refractivity (Wildman–Crippen MR) is 136 cm³/mol. The van der Waals surface area contributed by atoms with Gasteiger partial charge in [0.05, 0.1) is 30.3 Å². The Hall–Kier alpha value is -1.85. The van der Waals surface area contributed by atoms with Crippen molar-refractivity contribution >= 4 is 17.7 Å². The molecular weight excluding hydrogens is 494 g/mol. The summed E-state index contributed by atoms with van der Waals surface area (Å²) < 4.78 is 23.9. The fraction of sp³-hybridized carbons (Fsp3) is 0.821. The molecule has 38 heavy (non-hydrogen) atoms. The summed E-state index contributed by atoms with van der Waals surface area (Å²) in [5, 5.41) is 25.1. The van der Waals surface area contributed by atoms with Gasteiger partial charge in [-0.05, 0) is 38.5 Å². The fourth-order valence-electron chi connectivity index (χ4n) is 8.28. The molecule has 4 rings (SSSR count). The van der Waals surface area contributed by atoms with Crippen molar-refractivity contribution in [3.8, 4) is 0 Å². The number of ketones is 1. The molecule has 10 heteroatoms. The first-order valence-electron chi connectivity index (χ1n) is 13.4. The van der Waals surface area contributed by atoms with Crippen LogP contribution in [0.2, 0.25) is 0 Å². The maximum atomic E-state index is 14.3. The molecule has 0 radical (unpaired) electrons. The number of ether oxygens (including phenoxy) is 4. The van der Waals surface area contributed by atoms with E-state index in [1.807, 2.05) is 13.8 Å². The number of carbonyl (C=O) groups is 3. The monoisotopic (exact) mass is 537 g/mol. The van der Waals surface area contributed by atoms with Crippen LogP contribution in [0, 0.1) is 16.7 Å². The van der Waals surface area contributed by atoms with Gasteiger partial charge in [0.15, 0.2) is 11.4 Å². The molecule has 4 fully saturated rings.